The van der Waals surface area contributed by atoms with Crippen molar-refractivity contribution in [3.05, 3.63) is 30.0 Å². The first kappa shape index (κ1) is 8.62. The van der Waals surface area contributed by atoms with E-state index in [1.165, 1.54) is 0 Å². The fraction of sp³-hybridized carbons (Fsp3) is 0.100. The average Bonchev–Trinajstić information content (AvgIpc) is 2.20. The van der Waals surface area contributed by atoms with Gasteiger partial charge >= 0.3 is 0 Å². The Balaban J connectivity index is 2.81. The van der Waals surface area contributed by atoms with Crippen LogP contribution in [0.5, 0.6) is 5.75 Å². The predicted octanol–water partition coefficient (Wildman–Crippen LogP) is 1.38. The molecule has 2 rings (SSSR count). The van der Waals surface area contributed by atoms with E-state index < -0.39 is 0 Å². The zero-order valence-corrected chi connectivity index (χ0v) is 7.68. The van der Waals surface area contributed by atoms with Crippen molar-refractivity contribution in [3.8, 4) is 5.75 Å². The van der Waals surface area contributed by atoms with Crippen LogP contribution in [0.3, 0.4) is 0 Å². The molecule has 0 saturated heterocycles. The van der Waals surface area contributed by atoms with Crippen molar-refractivity contribution in [1.29, 1.82) is 0 Å². The minimum Gasteiger partial charge on any atom is -0.506 e. The van der Waals surface area contributed by atoms with E-state index in [0.29, 0.717) is 5.52 Å². The molecule has 0 fully saturated rings. The lowest BCUT2D eigenvalue weighted by Gasteiger charge is -2.00. The Kier molecular flexibility index (Phi) is 2.10. The lowest BCUT2D eigenvalue weighted by atomic mass is 10.1. The molecule has 0 aliphatic carbocycles. The van der Waals surface area contributed by atoms with Crippen molar-refractivity contribution in [3.63, 3.8) is 0 Å². The smallest absolute Gasteiger partial charge is 0.143 e. The number of hydrogen-bond donors (Lipinski definition) is 1. The van der Waals surface area contributed by atoms with Gasteiger partial charge in [-0.2, -0.15) is 5.10 Å². The summed E-state index contributed by atoms with van der Waals surface area (Å²) in [5.74, 6) is 0.140. The highest BCUT2D eigenvalue weighted by atomic mass is 16.3. The second-order valence-corrected chi connectivity index (χ2v) is 2.86. The van der Waals surface area contributed by atoms with Gasteiger partial charge in [-0.15, -0.1) is 5.10 Å². The zero-order valence-electron chi connectivity index (χ0n) is 7.68. The zero-order chi connectivity index (χ0) is 9.97. The number of phenolic OH excluding ortho intramolecular Hbond substituents is 1. The van der Waals surface area contributed by atoms with Crippen LogP contribution in [0.1, 0.15) is 5.56 Å². The third kappa shape index (κ3) is 1.31. The Hall–Kier alpha value is -1.97. The second-order valence-electron chi connectivity index (χ2n) is 2.86. The molecule has 0 unspecified atom stereocenters. The normalized spacial score (nSPS) is 11.2. The molecule has 0 amide bonds. The molecule has 0 aliphatic rings. The van der Waals surface area contributed by atoms with Gasteiger partial charge in [-0.25, -0.2) is 0 Å². The maximum absolute atomic E-state index is 9.52. The molecule has 0 bridgehead atoms. The molecule has 4 nitrogen and oxygen atoms in total. The summed E-state index contributed by atoms with van der Waals surface area (Å²) in [6.45, 7) is 0. The summed E-state index contributed by atoms with van der Waals surface area (Å²) in [5.41, 5.74) is 1.36. The van der Waals surface area contributed by atoms with E-state index in [0.717, 1.165) is 10.9 Å². The first-order valence-electron chi connectivity index (χ1n) is 4.18. The molecular weight excluding hydrogens is 178 g/mol. The van der Waals surface area contributed by atoms with Crippen molar-refractivity contribution >= 4 is 17.1 Å². The van der Waals surface area contributed by atoms with Gasteiger partial charge in [0.25, 0.3) is 0 Å². The fourth-order valence-electron chi connectivity index (χ4n) is 1.33. The molecule has 14 heavy (non-hydrogen) atoms. The molecule has 0 radical (unpaired) electrons. The molecule has 0 aliphatic heterocycles. The number of nitrogens with zero attached hydrogens (tertiary/aromatic N) is 3. The highest BCUT2D eigenvalue weighted by molar-refractivity contribution is 5.99. The van der Waals surface area contributed by atoms with Crippen LogP contribution in [0.4, 0.5) is 0 Å². The highest BCUT2D eigenvalue weighted by Gasteiger charge is 2.03. The van der Waals surface area contributed by atoms with Crippen molar-refractivity contribution in [1.82, 2.24) is 10.2 Å². The Labute approximate surface area is 80.9 Å². The summed E-state index contributed by atoms with van der Waals surface area (Å²) in [4.78, 5) is 3.91. The van der Waals surface area contributed by atoms with Crippen molar-refractivity contribution in [2.45, 2.75) is 0 Å². The summed E-state index contributed by atoms with van der Waals surface area (Å²) in [7, 11) is 1.69. The second kappa shape index (κ2) is 3.41. The van der Waals surface area contributed by atoms with Crippen molar-refractivity contribution in [2.24, 2.45) is 4.99 Å². The molecule has 70 valence electrons. The molecule has 0 atom stereocenters. The van der Waals surface area contributed by atoms with Crippen LogP contribution in [0.25, 0.3) is 10.9 Å². The molecule has 1 aromatic carbocycles. The van der Waals surface area contributed by atoms with Crippen LogP contribution in [-0.4, -0.2) is 28.6 Å². The molecule has 1 N–H and O–H groups in total. The molecule has 0 spiro atoms. The SMILES string of the molecule is CN=Cc1cnnc2c(O)cccc12. The lowest BCUT2D eigenvalue weighted by molar-refractivity contribution is 0.480. The van der Waals surface area contributed by atoms with E-state index in [9.17, 15) is 5.11 Å². The van der Waals surface area contributed by atoms with Gasteiger partial charge in [-0.1, -0.05) is 12.1 Å². The topological polar surface area (TPSA) is 58.4 Å². The maximum atomic E-state index is 9.52. The van der Waals surface area contributed by atoms with Gasteiger partial charge < -0.3 is 5.11 Å². The lowest BCUT2D eigenvalue weighted by Crippen LogP contribution is -1.90. The van der Waals surface area contributed by atoms with E-state index in [-0.39, 0.29) is 5.75 Å². The third-order valence-electron chi connectivity index (χ3n) is 1.95. The quantitative estimate of drug-likeness (QED) is 0.686. The molecule has 4 heteroatoms. The number of aliphatic imine (C=N–C) groups is 1. The van der Waals surface area contributed by atoms with E-state index >= 15 is 0 Å². The highest BCUT2D eigenvalue weighted by Crippen LogP contribution is 2.22. The van der Waals surface area contributed by atoms with Crippen LogP contribution >= 0.6 is 0 Å². The van der Waals surface area contributed by atoms with Crippen LogP contribution in [0.15, 0.2) is 29.4 Å². The maximum Gasteiger partial charge on any atom is 0.143 e. The Morgan fingerprint density at radius 2 is 2.29 bits per heavy atom. The van der Waals surface area contributed by atoms with Gasteiger partial charge in [0, 0.05) is 24.2 Å². The number of phenols is 1. The molecule has 1 aromatic heterocycles. The third-order valence-corrected chi connectivity index (χ3v) is 1.95. The van der Waals surface area contributed by atoms with Gasteiger partial charge in [0.15, 0.2) is 0 Å². The molecule has 2 aromatic rings. The van der Waals surface area contributed by atoms with Crippen LogP contribution < -0.4 is 0 Å². The molecule has 0 saturated carbocycles. The number of rotatable bonds is 1. The van der Waals surface area contributed by atoms with Crippen LogP contribution in [0.2, 0.25) is 0 Å². The van der Waals surface area contributed by atoms with Crippen molar-refractivity contribution in [2.75, 3.05) is 7.05 Å². The largest absolute Gasteiger partial charge is 0.506 e. The Bertz CT molecular complexity index is 494. The van der Waals surface area contributed by atoms with Gasteiger partial charge in [0.1, 0.15) is 11.3 Å². The first-order chi connectivity index (χ1) is 6.83. The first-order valence-corrected chi connectivity index (χ1v) is 4.18. The molecular formula is C10H9N3O. The van der Waals surface area contributed by atoms with E-state index in [1.807, 2.05) is 6.07 Å². The number of hydrogen-bond acceptors (Lipinski definition) is 4. The monoisotopic (exact) mass is 187 g/mol. The van der Waals surface area contributed by atoms with Crippen molar-refractivity contribution < 1.29 is 5.11 Å². The standard InChI is InChI=1S/C10H9N3O/c1-11-5-7-6-12-13-10-8(7)3-2-4-9(10)14/h2-6,14H,1H3. The number of aromatic hydroxyl groups is 1. The summed E-state index contributed by atoms with van der Waals surface area (Å²) in [6.07, 6.45) is 3.31. The fourth-order valence-corrected chi connectivity index (χ4v) is 1.33. The van der Waals surface area contributed by atoms with Crippen LogP contribution in [0, 0.1) is 0 Å². The van der Waals surface area contributed by atoms with Gasteiger partial charge in [0.05, 0.1) is 6.20 Å². The van der Waals surface area contributed by atoms with Gasteiger partial charge in [-0.3, -0.25) is 4.99 Å². The summed E-state index contributed by atoms with van der Waals surface area (Å²) < 4.78 is 0. The summed E-state index contributed by atoms with van der Waals surface area (Å²) in [5, 5.41) is 18.0. The van der Waals surface area contributed by atoms with E-state index in [4.69, 9.17) is 0 Å². The molecule has 1 heterocycles. The summed E-state index contributed by atoms with van der Waals surface area (Å²) in [6, 6.07) is 5.23. The average molecular weight is 187 g/mol. The van der Waals surface area contributed by atoms with Gasteiger partial charge in [-0.05, 0) is 6.07 Å². The predicted molar refractivity (Wildman–Crippen MR) is 54.7 cm³/mol. The van der Waals surface area contributed by atoms with Crippen LogP contribution in [-0.2, 0) is 0 Å². The number of benzene rings is 1. The number of fused-ring (bicyclic) bond motifs is 1. The Morgan fingerprint density at radius 1 is 1.43 bits per heavy atom. The Morgan fingerprint density at radius 3 is 3.07 bits per heavy atom. The van der Waals surface area contributed by atoms with Gasteiger partial charge in [0.2, 0.25) is 0 Å². The van der Waals surface area contributed by atoms with E-state index in [2.05, 4.69) is 15.2 Å². The number of aromatic nitrogens is 2. The summed E-state index contributed by atoms with van der Waals surface area (Å²) >= 11 is 0. The van der Waals surface area contributed by atoms with E-state index in [1.54, 1.807) is 31.6 Å². The minimum atomic E-state index is 0.140. The minimum absolute atomic E-state index is 0.140.